The molecule has 0 saturated heterocycles. The van der Waals surface area contributed by atoms with E-state index in [0.29, 0.717) is 6.42 Å². The lowest BCUT2D eigenvalue weighted by atomic mass is 9.95. The summed E-state index contributed by atoms with van der Waals surface area (Å²) in [7, 11) is 0. The van der Waals surface area contributed by atoms with Crippen LogP contribution in [0.15, 0.2) is 0 Å². The number of carboxylic acid groups (broad SMARTS) is 1. The first-order valence-electron chi connectivity index (χ1n) is 16.2. The van der Waals surface area contributed by atoms with Gasteiger partial charge in [0.15, 0.2) is 5.96 Å². The molecule has 0 unspecified atom stereocenters. The van der Waals surface area contributed by atoms with E-state index < -0.39 is 102 Å². The molecule has 280 valence electrons. The number of nitrogens with one attached hydrogen (secondary N) is 7. The van der Waals surface area contributed by atoms with Crippen LogP contribution in [0, 0.1) is 23.2 Å². The molecule has 7 atom stereocenters. The summed E-state index contributed by atoms with van der Waals surface area (Å²) in [5.41, 5.74) is 16.0. The molecule has 0 aromatic rings. The lowest BCUT2D eigenvalue weighted by Crippen LogP contribution is -2.62. The fraction of sp³-hybridized carbons (Fsp3) is 0.733. The van der Waals surface area contributed by atoms with Crippen LogP contribution in [0.5, 0.6) is 0 Å². The number of hydrogen-bond acceptors (Lipinski definition) is 10. The van der Waals surface area contributed by atoms with Crippen LogP contribution in [0.1, 0.15) is 73.6 Å². The molecule has 0 fully saturated rings. The lowest BCUT2D eigenvalue weighted by molar-refractivity contribution is -0.143. The minimum atomic E-state index is -1.43. The van der Waals surface area contributed by atoms with Gasteiger partial charge >= 0.3 is 5.97 Å². The molecule has 19 nitrogen and oxygen atoms in total. The molecule has 0 rings (SSSR count). The Balaban J connectivity index is 5.99. The average molecular weight is 701 g/mol. The third-order valence-corrected chi connectivity index (χ3v) is 7.73. The van der Waals surface area contributed by atoms with Crippen molar-refractivity contribution in [3.8, 4) is 0 Å². The number of aliphatic carboxylic acids is 1. The van der Waals surface area contributed by atoms with Gasteiger partial charge in [-0.1, -0.05) is 48.0 Å². The van der Waals surface area contributed by atoms with Crippen molar-refractivity contribution in [1.29, 1.82) is 5.41 Å². The molecule has 0 bridgehead atoms. The first-order valence-corrected chi connectivity index (χ1v) is 16.2. The van der Waals surface area contributed by atoms with Gasteiger partial charge in [-0.15, -0.1) is 0 Å². The van der Waals surface area contributed by atoms with E-state index in [1.54, 1.807) is 41.5 Å². The Bertz CT molecular complexity index is 1170. The molecule has 0 aliphatic rings. The van der Waals surface area contributed by atoms with E-state index in [0.717, 1.165) is 0 Å². The highest BCUT2D eigenvalue weighted by Gasteiger charge is 2.36. The Labute approximate surface area is 286 Å². The fourth-order valence-electron chi connectivity index (χ4n) is 4.48. The van der Waals surface area contributed by atoms with Gasteiger partial charge in [-0.25, -0.2) is 4.79 Å². The van der Waals surface area contributed by atoms with Gasteiger partial charge < -0.3 is 59.3 Å². The summed E-state index contributed by atoms with van der Waals surface area (Å²) in [5.74, 6) is -7.67. The quantitative estimate of drug-likeness (QED) is 0.0283. The normalized spacial score (nSPS) is 15.4. The van der Waals surface area contributed by atoms with Gasteiger partial charge in [0.05, 0.1) is 6.61 Å². The molecule has 0 heterocycles. The molecule has 0 radical (unpaired) electrons. The summed E-state index contributed by atoms with van der Waals surface area (Å²) in [6.07, 6.45) is 0.225. The Morgan fingerprint density at radius 3 is 1.59 bits per heavy atom. The molecule has 15 N–H and O–H groups in total. The van der Waals surface area contributed by atoms with Crippen molar-refractivity contribution in [2.45, 2.75) is 110 Å². The molecule has 49 heavy (non-hydrogen) atoms. The Morgan fingerprint density at radius 1 is 0.694 bits per heavy atom. The van der Waals surface area contributed by atoms with E-state index in [-0.39, 0.29) is 38.2 Å². The van der Waals surface area contributed by atoms with Gasteiger partial charge in [-0.05, 0) is 37.0 Å². The number of aliphatic hydroxyl groups excluding tert-OH is 1. The minimum Gasteiger partial charge on any atom is -0.480 e. The second-order valence-corrected chi connectivity index (χ2v) is 12.6. The molecule has 0 aliphatic carbocycles. The summed E-state index contributed by atoms with van der Waals surface area (Å²) in [4.78, 5) is 88.9. The van der Waals surface area contributed by atoms with Crippen LogP contribution >= 0.6 is 0 Å². The zero-order valence-corrected chi connectivity index (χ0v) is 29.1. The van der Waals surface area contributed by atoms with Gasteiger partial charge in [-0.2, -0.15) is 0 Å². The van der Waals surface area contributed by atoms with Crippen molar-refractivity contribution in [3.05, 3.63) is 0 Å². The summed E-state index contributed by atoms with van der Waals surface area (Å²) in [6, 6.07) is -7.48. The van der Waals surface area contributed by atoms with Crippen LogP contribution in [0.4, 0.5) is 0 Å². The average Bonchev–Trinajstić information content (AvgIpc) is 3.02. The second kappa shape index (κ2) is 22.2. The molecule has 19 heteroatoms. The third kappa shape index (κ3) is 16.4. The van der Waals surface area contributed by atoms with Crippen molar-refractivity contribution in [1.82, 2.24) is 31.9 Å². The second-order valence-electron chi connectivity index (χ2n) is 12.6. The van der Waals surface area contributed by atoms with E-state index in [1.807, 2.05) is 0 Å². The van der Waals surface area contributed by atoms with Gasteiger partial charge in [-0.3, -0.25) is 34.2 Å². The van der Waals surface area contributed by atoms with Crippen LogP contribution in [-0.4, -0.2) is 107 Å². The van der Waals surface area contributed by atoms with E-state index in [1.165, 1.54) is 0 Å². The topological polar surface area (TPSA) is 334 Å². The van der Waals surface area contributed by atoms with Gasteiger partial charge in [0.2, 0.25) is 35.4 Å². The van der Waals surface area contributed by atoms with Crippen molar-refractivity contribution in [2.75, 3.05) is 13.2 Å². The number of carbonyl (C=O) groups excluding carboxylic acids is 6. The number of guanidine groups is 1. The van der Waals surface area contributed by atoms with Crippen LogP contribution in [0.2, 0.25) is 0 Å². The Kier molecular flexibility index (Phi) is 20.1. The maximum atomic E-state index is 13.6. The highest BCUT2D eigenvalue weighted by atomic mass is 16.4. The number of carbonyl (C=O) groups is 7. The van der Waals surface area contributed by atoms with E-state index >= 15 is 0 Å². The molecule has 0 spiro atoms. The minimum absolute atomic E-state index is 0.0593. The van der Waals surface area contributed by atoms with Crippen LogP contribution in [0.3, 0.4) is 0 Å². The molecule has 0 aliphatic heterocycles. The maximum absolute atomic E-state index is 13.6. The number of carboxylic acids is 1. The zero-order chi connectivity index (χ0) is 38.0. The summed E-state index contributed by atoms with van der Waals surface area (Å²) >= 11 is 0. The standard InChI is InChI=1S/C30H56N10O9/c1-7-16(6)23(28(47)37-19(29(48)49)10-11-20(32)42)40-27(46)22(15(4)5)39-26(45)21(14(2)3)38-25(44)18(9-8-12-35-30(33)34)36-24(43)17(31)13-41/h14-19,21-23,41H,7-13,31H2,1-6H3,(H2,32,42)(H,36,43)(H,37,47)(H,38,44)(H,39,45)(H,40,46)(H,48,49)(H4,33,34,35)/t16-,17-,18-,19-,21-,22-,23-/m0/s1. The van der Waals surface area contributed by atoms with Gasteiger partial charge in [0.1, 0.15) is 36.3 Å². The zero-order valence-electron chi connectivity index (χ0n) is 29.1. The highest BCUT2D eigenvalue weighted by molar-refractivity contribution is 5.96. The Hall–Kier alpha value is -4.52. The summed E-state index contributed by atoms with van der Waals surface area (Å²) in [6.45, 7) is 9.60. The number of nitrogens with two attached hydrogens (primary N) is 3. The summed E-state index contributed by atoms with van der Waals surface area (Å²) < 4.78 is 0. The smallest absolute Gasteiger partial charge is 0.326 e. The number of primary amides is 1. The van der Waals surface area contributed by atoms with Gasteiger partial charge in [0, 0.05) is 13.0 Å². The van der Waals surface area contributed by atoms with Gasteiger partial charge in [0.25, 0.3) is 0 Å². The predicted octanol–water partition coefficient (Wildman–Crippen LogP) is -3.30. The molecule has 0 aromatic heterocycles. The predicted molar refractivity (Wildman–Crippen MR) is 179 cm³/mol. The van der Waals surface area contributed by atoms with E-state index in [2.05, 4.69) is 31.9 Å². The molecule has 0 saturated carbocycles. The number of rotatable bonds is 23. The van der Waals surface area contributed by atoms with Crippen molar-refractivity contribution >= 4 is 47.4 Å². The first-order chi connectivity index (χ1) is 22.8. The SMILES string of the molecule is CC[C@H](C)[C@H](NC(=O)[C@@H](NC(=O)[C@@H](NC(=O)[C@H](CCCNC(=N)N)NC(=O)[C@@H](N)CO)C(C)C)C(C)C)C(=O)N[C@@H](CCC(N)=O)C(=O)O. The largest absolute Gasteiger partial charge is 0.480 e. The number of aliphatic hydroxyl groups is 1. The molecular weight excluding hydrogens is 644 g/mol. The van der Waals surface area contributed by atoms with Crippen molar-refractivity contribution in [3.63, 3.8) is 0 Å². The fourth-order valence-corrected chi connectivity index (χ4v) is 4.48. The van der Waals surface area contributed by atoms with E-state index in [9.17, 15) is 43.8 Å². The molecule has 0 aromatic carbocycles. The number of hydrogen-bond donors (Lipinski definition) is 12. The first kappa shape index (κ1) is 44.5. The maximum Gasteiger partial charge on any atom is 0.326 e. The Morgan fingerprint density at radius 2 is 1.16 bits per heavy atom. The lowest BCUT2D eigenvalue weighted by Gasteiger charge is -2.31. The highest BCUT2D eigenvalue weighted by Crippen LogP contribution is 2.13. The monoisotopic (exact) mass is 700 g/mol. The van der Waals surface area contributed by atoms with Crippen LogP contribution < -0.4 is 49.1 Å². The van der Waals surface area contributed by atoms with Crippen LogP contribution in [0.25, 0.3) is 0 Å². The number of amides is 6. The van der Waals surface area contributed by atoms with Crippen molar-refractivity contribution < 1.29 is 43.8 Å². The van der Waals surface area contributed by atoms with Crippen LogP contribution in [-0.2, 0) is 33.6 Å². The summed E-state index contributed by atoms with van der Waals surface area (Å²) in [5, 5.41) is 41.3. The van der Waals surface area contributed by atoms with E-state index in [4.69, 9.17) is 22.6 Å². The third-order valence-electron chi connectivity index (χ3n) is 7.73. The molecule has 6 amide bonds. The van der Waals surface area contributed by atoms with Crippen molar-refractivity contribution in [2.24, 2.45) is 35.0 Å². The molecular formula is C30H56N10O9.